The first-order valence-corrected chi connectivity index (χ1v) is 3.98. The number of aromatic nitrogens is 1. The molecule has 5 heteroatoms. The summed E-state index contributed by atoms with van der Waals surface area (Å²) in [6.45, 7) is 3.76. The zero-order valence-corrected chi connectivity index (χ0v) is 7.83. The number of nitrogens with zero attached hydrogens (tertiary/aromatic N) is 1. The van der Waals surface area contributed by atoms with Gasteiger partial charge < -0.3 is 9.42 Å². The molecule has 0 saturated heterocycles. The lowest BCUT2D eigenvalue weighted by Gasteiger charge is -2.19. The summed E-state index contributed by atoms with van der Waals surface area (Å²) in [4.78, 5) is 23.6. The van der Waals surface area contributed by atoms with E-state index in [-0.39, 0.29) is 17.7 Å². The first-order chi connectivity index (χ1) is 6.02. The second kappa shape index (κ2) is 3.47. The maximum absolute atomic E-state index is 11.5. The van der Waals surface area contributed by atoms with E-state index in [0.29, 0.717) is 0 Å². The van der Waals surface area contributed by atoms with Gasteiger partial charge in [-0.25, -0.2) is 0 Å². The number of hydrogen-bond acceptors (Lipinski definition) is 3. The molecule has 0 radical (unpaired) electrons. The Hall–Kier alpha value is -1.52. The van der Waals surface area contributed by atoms with Gasteiger partial charge in [-0.05, 0) is 13.8 Å². The fourth-order valence-corrected chi connectivity index (χ4v) is 0.797. The molecule has 1 aromatic rings. The lowest BCUT2D eigenvalue weighted by Crippen LogP contribution is -2.32. The summed E-state index contributed by atoms with van der Waals surface area (Å²) in [5.74, 6) is -0.255. The van der Waals surface area contributed by atoms with E-state index in [9.17, 15) is 9.59 Å². The third kappa shape index (κ3) is 1.99. The highest BCUT2D eigenvalue weighted by Gasteiger charge is 2.17. The molecule has 72 valence electrons. The fraction of sp³-hybridized carbons (Fsp3) is 0.500. The second-order valence-corrected chi connectivity index (χ2v) is 3.09. The van der Waals surface area contributed by atoms with Crippen LogP contribution < -0.4 is 5.56 Å². The summed E-state index contributed by atoms with van der Waals surface area (Å²) < 4.78 is 4.67. The van der Waals surface area contributed by atoms with Crippen LogP contribution in [0.25, 0.3) is 0 Å². The Labute approximate surface area is 75.3 Å². The molecule has 0 aromatic carbocycles. The van der Waals surface area contributed by atoms with Crippen LogP contribution in [0.15, 0.2) is 15.4 Å². The molecule has 0 aliphatic rings. The molecule has 1 amide bonds. The SMILES string of the molecule is CC(C)N(C)C(=O)c1cc(=O)[nH]o1. The number of nitrogens with one attached hydrogen (secondary N) is 1. The molecule has 0 unspecified atom stereocenters. The van der Waals surface area contributed by atoms with Crippen molar-refractivity contribution >= 4 is 5.91 Å². The van der Waals surface area contributed by atoms with E-state index in [4.69, 9.17) is 0 Å². The maximum Gasteiger partial charge on any atom is 0.292 e. The quantitative estimate of drug-likeness (QED) is 0.725. The molecule has 1 aromatic heterocycles. The lowest BCUT2D eigenvalue weighted by molar-refractivity contribution is 0.0713. The zero-order chi connectivity index (χ0) is 10.0. The molecule has 0 fully saturated rings. The van der Waals surface area contributed by atoms with Gasteiger partial charge in [0, 0.05) is 13.1 Å². The third-order valence-electron chi connectivity index (χ3n) is 1.83. The van der Waals surface area contributed by atoms with Crippen molar-refractivity contribution in [3.05, 3.63) is 22.2 Å². The van der Waals surface area contributed by atoms with E-state index in [1.807, 2.05) is 13.8 Å². The highest BCUT2D eigenvalue weighted by Crippen LogP contribution is 2.02. The van der Waals surface area contributed by atoms with Gasteiger partial charge in [-0.3, -0.25) is 9.59 Å². The van der Waals surface area contributed by atoms with Crippen LogP contribution in [0.2, 0.25) is 0 Å². The van der Waals surface area contributed by atoms with E-state index in [1.165, 1.54) is 4.90 Å². The average molecular weight is 184 g/mol. The minimum atomic E-state index is -0.402. The first kappa shape index (κ1) is 9.57. The normalized spacial score (nSPS) is 10.5. The standard InChI is InChI=1S/C8H12N2O3/c1-5(2)10(3)8(12)6-4-7(11)9-13-6/h4-5H,1-3H3,(H,9,11). The predicted octanol–water partition coefficient (Wildman–Crippen LogP) is 0.448. The predicted molar refractivity (Wildman–Crippen MR) is 46.6 cm³/mol. The highest BCUT2D eigenvalue weighted by atomic mass is 16.5. The maximum atomic E-state index is 11.5. The van der Waals surface area contributed by atoms with E-state index in [0.717, 1.165) is 6.07 Å². The van der Waals surface area contributed by atoms with Gasteiger partial charge in [0.15, 0.2) is 0 Å². The summed E-state index contributed by atoms with van der Waals surface area (Å²) in [5.41, 5.74) is -0.402. The van der Waals surface area contributed by atoms with Crippen LogP contribution in [0.1, 0.15) is 24.4 Å². The molecule has 1 N–H and O–H groups in total. The fourth-order valence-electron chi connectivity index (χ4n) is 0.797. The number of aromatic amines is 1. The Balaban J connectivity index is 2.85. The smallest absolute Gasteiger partial charge is 0.292 e. The van der Waals surface area contributed by atoms with Crippen molar-refractivity contribution in [1.29, 1.82) is 0 Å². The molecule has 0 aliphatic carbocycles. The lowest BCUT2D eigenvalue weighted by atomic mass is 10.3. The monoisotopic (exact) mass is 184 g/mol. The van der Waals surface area contributed by atoms with Gasteiger partial charge in [0.1, 0.15) is 0 Å². The van der Waals surface area contributed by atoms with Gasteiger partial charge >= 0.3 is 0 Å². The molecule has 0 saturated carbocycles. The number of H-pyrrole nitrogens is 1. The van der Waals surface area contributed by atoms with Crippen molar-refractivity contribution in [3.63, 3.8) is 0 Å². The van der Waals surface area contributed by atoms with Crippen molar-refractivity contribution in [2.75, 3.05) is 7.05 Å². The molecule has 0 bridgehead atoms. The van der Waals surface area contributed by atoms with Crippen molar-refractivity contribution < 1.29 is 9.32 Å². The number of carbonyl (C=O) groups excluding carboxylic acids is 1. The van der Waals surface area contributed by atoms with Crippen LogP contribution in [0.5, 0.6) is 0 Å². The topological polar surface area (TPSA) is 66.3 Å². The summed E-state index contributed by atoms with van der Waals surface area (Å²) in [6.07, 6.45) is 0. The van der Waals surface area contributed by atoms with E-state index < -0.39 is 5.56 Å². The van der Waals surface area contributed by atoms with Crippen LogP contribution >= 0.6 is 0 Å². The molecule has 0 aliphatic heterocycles. The number of hydrogen-bond donors (Lipinski definition) is 1. The van der Waals surface area contributed by atoms with Crippen molar-refractivity contribution in [2.24, 2.45) is 0 Å². The van der Waals surface area contributed by atoms with Gasteiger partial charge in [-0.15, -0.1) is 0 Å². The van der Waals surface area contributed by atoms with Crippen molar-refractivity contribution in [3.8, 4) is 0 Å². The van der Waals surface area contributed by atoms with Gasteiger partial charge in [0.2, 0.25) is 5.76 Å². The molecule has 0 spiro atoms. The largest absolute Gasteiger partial charge is 0.373 e. The van der Waals surface area contributed by atoms with E-state index >= 15 is 0 Å². The Morgan fingerprint density at radius 2 is 2.23 bits per heavy atom. The van der Waals surface area contributed by atoms with Gasteiger partial charge in [0.25, 0.3) is 11.5 Å². The Kier molecular flexibility index (Phi) is 2.55. The molecule has 1 heterocycles. The average Bonchev–Trinajstić information content (AvgIpc) is 2.49. The molecule has 1 rings (SSSR count). The number of carbonyl (C=O) groups is 1. The van der Waals surface area contributed by atoms with Crippen molar-refractivity contribution in [2.45, 2.75) is 19.9 Å². The molecule has 0 atom stereocenters. The molecular weight excluding hydrogens is 172 g/mol. The van der Waals surface area contributed by atoms with Crippen LogP contribution in [0, 0.1) is 0 Å². The van der Waals surface area contributed by atoms with Gasteiger partial charge in [-0.2, -0.15) is 5.16 Å². The van der Waals surface area contributed by atoms with Gasteiger partial charge in [0.05, 0.1) is 6.07 Å². The minimum Gasteiger partial charge on any atom is -0.373 e. The number of rotatable bonds is 2. The zero-order valence-electron chi connectivity index (χ0n) is 7.83. The van der Waals surface area contributed by atoms with Gasteiger partial charge in [-0.1, -0.05) is 0 Å². The Morgan fingerprint density at radius 3 is 2.62 bits per heavy atom. The van der Waals surface area contributed by atoms with Crippen LogP contribution in [-0.2, 0) is 0 Å². The van der Waals surface area contributed by atoms with Crippen LogP contribution in [-0.4, -0.2) is 29.1 Å². The summed E-state index contributed by atoms with van der Waals surface area (Å²) in [5, 5.41) is 2.07. The molecular formula is C8H12N2O3. The Morgan fingerprint density at radius 1 is 1.62 bits per heavy atom. The van der Waals surface area contributed by atoms with E-state index in [1.54, 1.807) is 7.05 Å². The summed E-state index contributed by atoms with van der Waals surface area (Å²) in [6, 6.07) is 1.22. The Bertz CT molecular complexity index is 350. The summed E-state index contributed by atoms with van der Waals surface area (Å²) >= 11 is 0. The number of amides is 1. The highest BCUT2D eigenvalue weighted by molar-refractivity contribution is 5.91. The third-order valence-corrected chi connectivity index (χ3v) is 1.83. The summed E-state index contributed by atoms with van der Waals surface area (Å²) in [7, 11) is 1.65. The van der Waals surface area contributed by atoms with E-state index in [2.05, 4.69) is 9.68 Å². The van der Waals surface area contributed by atoms with Crippen LogP contribution in [0.3, 0.4) is 0 Å². The van der Waals surface area contributed by atoms with Crippen molar-refractivity contribution in [1.82, 2.24) is 10.1 Å². The molecule has 13 heavy (non-hydrogen) atoms. The van der Waals surface area contributed by atoms with Crippen LogP contribution in [0.4, 0.5) is 0 Å². The minimum absolute atomic E-state index is 0.0428. The first-order valence-electron chi connectivity index (χ1n) is 3.98. The second-order valence-electron chi connectivity index (χ2n) is 3.09. The molecule has 5 nitrogen and oxygen atoms in total.